The second kappa shape index (κ2) is 7.27. The number of hydrogen-bond acceptors (Lipinski definition) is 3. The molecule has 1 saturated carbocycles. The first kappa shape index (κ1) is 16.2. The maximum absolute atomic E-state index is 12.2. The summed E-state index contributed by atoms with van der Waals surface area (Å²) in [6, 6.07) is 16.2. The summed E-state index contributed by atoms with van der Waals surface area (Å²) < 4.78 is 0. The Morgan fingerprint density at radius 1 is 1.04 bits per heavy atom. The smallest absolute Gasteiger partial charge is 0.253 e. The topological polar surface area (TPSA) is 78.4 Å². The van der Waals surface area contributed by atoms with Gasteiger partial charge in [-0.25, -0.2) is 0 Å². The van der Waals surface area contributed by atoms with Crippen molar-refractivity contribution in [1.82, 2.24) is 5.32 Å². The summed E-state index contributed by atoms with van der Waals surface area (Å²) in [5, 5.41) is 15.8. The van der Waals surface area contributed by atoms with Crippen LogP contribution in [0.4, 0.5) is 5.69 Å². The fourth-order valence-corrected chi connectivity index (χ4v) is 2.45. The van der Waals surface area contributed by atoms with Crippen molar-refractivity contribution in [2.75, 3.05) is 5.32 Å². The number of amides is 2. The predicted molar refractivity (Wildman–Crippen MR) is 91.6 cm³/mol. The Morgan fingerprint density at radius 2 is 1.71 bits per heavy atom. The van der Waals surface area contributed by atoms with Gasteiger partial charge in [0.1, 0.15) is 0 Å². The largest absolute Gasteiger partial charge is 0.388 e. The average molecular weight is 324 g/mol. The van der Waals surface area contributed by atoms with Gasteiger partial charge in [-0.1, -0.05) is 42.5 Å². The Morgan fingerprint density at radius 3 is 2.42 bits per heavy atom. The molecule has 1 atom stereocenters. The van der Waals surface area contributed by atoms with Crippen molar-refractivity contribution in [3.8, 4) is 0 Å². The number of rotatable bonds is 6. The lowest BCUT2D eigenvalue weighted by atomic mass is 10.1. The molecule has 1 unspecified atom stereocenters. The first-order valence-corrected chi connectivity index (χ1v) is 8.06. The Hall–Kier alpha value is -2.66. The zero-order valence-electron chi connectivity index (χ0n) is 13.2. The van der Waals surface area contributed by atoms with Gasteiger partial charge < -0.3 is 15.7 Å². The van der Waals surface area contributed by atoms with Crippen molar-refractivity contribution >= 4 is 17.5 Å². The molecule has 0 bridgehead atoms. The first-order valence-electron chi connectivity index (χ1n) is 8.06. The van der Waals surface area contributed by atoms with Gasteiger partial charge in [-0.2, -0.15) is 0 Å². The van der Waals surface area contributed by atoms with Gasteiger partial charge >= 0.3 is 0 Å². The molecule has 1 fully saturated rings. The quantitative estimate of drug-likeness (QED) is 0.764. The first-order chi connectivity index (χ1) is 11.6. The molecular formula is C19H20N2O3. The van der Waals surface area contributed by atoms with E-state index < -0.39 is 6.10 Å². The normalized spacial score (nSPS) is 14.7. The van der Waals surface area contributed by atoms with E-state index in [0.717, 1.165) is 12.8 Å². The van der Waals surface area contributed by atoms with E-state index >= 15 is 0 Å². The summed E-state index contributed by atoms with van der Waals surface area (Å²) >= 11 is 0. The fraction of sp³-hybridized carbons (Fsp3) is 0.263. The molecule has 1 aliphatic carbocycles. The van der Waals surface area contributed by atoms with Crippen LogP contribution in [0.2, 0.25) is 0 Å². The van der Waals surface area contributed by atoms with Crippen molar-refractivity contribution in [1.29, 1.82) is 0 Å². The summed E-state index contributed by atoms with van der Waals surface area (Å²) in [5.74, 6) is -0.518. The lowest BCUT2D eigenvalue weighted by Crippen LogP contribution is -2.27. The molecule has 0 radical (unpaired) electrons. The van der Waals surface area contributed by atoms with Gasteiger partial charge in [-0.05, 0) is 30.5 Å². The number of para-hydroxylation sites is 1. The van der Waals surface area contributed by atoms with E-state index in [0.29, 0.717) is 16.8 Å². The van der Waals surface area contributed by atoms with Crippen LogP contribution in [-0.2, 0) is 4.79 Å². The minimum Gasteiger partial charge on any atom is -0.388 e. The zero-order chi connectivity index (χ0) is 16.9. The van der Waals surface area contributed by atoms with Crippen molar-refractivity contribution in [2.45, 2.75) is 31.4 Å². The van der Waals surface area contributed by atoms with Gasteiger partial charge in [-0.3, -0.25) is 9.59 Å². The summed E-state index contributed by atoms with van der Waals surface area (Å²) in [6.45, 7) is 0. The van der Waals surface area contributed by atoms with E-state index in [1.54, 1.807) is 36.4 Å². The van der Waals surface area contributed by atoms with E-state index in [1.807, 2.05) is 18.2 Å². The number of carbonyl (C=O) groups excluding carboxylic acids is 2. The van der Waals surface area contributed by atoms with Crippen molar-refractivity contribution in [2.24, 2.45) is 0 Å². The number of aliphatic hydroxyl groups is 1. The molecule has 3 rings (SSSR count). The zero-order valence-corrected chi connectivity index (χ0v) is 13.2. The van der Waals surface area contributed by atoms with Crippen LogP contribution < -0.4 is 10.6 Å². The summed E-state index contributed by atoms with van der Waals surface area (Å²) in [4.78, 5) is 24.4. The maximum atomic E-state index is 12.2. The van der Waals surface area contributed by atoms with Crippen molar-refractivity contribution < 1.29 is 14.7 Å². The molecule has 1 aliphatic rings. The third-order valence-electron chi connectivity index (χ3n) is 3.92. The molecule has 2 aromatic rings. The summed E-state index contributed by atoms with van der Waals surface area (Å²) in [7, 11) is 0. The molecule has 3 N–H and O–H groups in total. The summed E-state index contributed by atoms with van der Waals surface area (Å²) in [5.41, 5.74) is 1.58. The maximum Gasteiger partial charge on any atom is 0.253 e. The molecule has 0 heterocycles. The second-order valence-corrected chi connectivity index (χ2v) is 5.97. The predicted octanol–water partition coefficient (Wildman–Crippen LogP) is 2.64. The molecule has 124 valence electrons. The second-order valence-electron chi connectivity index (χ2n) is 5.97. The van der Waals surface area contributed by atoms with Gasteiger partial charge in [0.05, 0.1) is 23.8 Å². The number of hydrogen-bond donors (Lipinski definition) is 3. The molecule has 0 aliphatic heterocycles. The molecule has 5 nitrogen and oxygen atoms in total. The van der Waals surface area contributed by atoms with Crippen LogP contribution in [0.15, 0.2) is 54.6 Å². The third-order valence-corrected chi connectivity index (χ3v) is 3.92. The molecule has 0 aromatic heterocycles. The molecule has 0 saturated heterocycles. The SMILES string of the molecule is O=C(CC(O)c1ccccc1)Nc1ccccc1C(=O)NC1CC1. The lowest BCUT2D eigenvalue weighted by molar-refractivity contribution is -0.118. The molecule has 24 heavy (non-hydrogen) atoms. The number of nitrogens with one attached hydrogen (secondary N) is 2. The Balaban J connectivity index is 1.64. The van der Waals surface area contributed by atoms with E-state index in [-0.39, 0.29) is 24.3 Å². The van der Waals surface area contributed by atoms with E-state index in [9.17, 15) is 14.7 Å². The minimum absolute atomic E-state index is 0.0669. The van der Waals surface area contributed by atoms with E-state index in [4.69, 9.17) is 0 Å². The van der Waals surface area contributed by atoms with Crippen LogP contribution >= 0.6 is 0 Å². The highest BCUT2D eigenvalue weighted by atomic mass is 16.3. The van der Waals surface area contributed by atoms with Gasteiger partial charge in [0.15, 0.2) is 0 Å². The highest BCUT2D eigenvalue weighted by molar-refractivity contribution is 6.04. The minimum atomic E-state index is -0.876. The monoisotopic (exact) mass is 324 g/mol. The van der Waals surface area contributed by atoms with Gasteiger partial charge in [0.2, 0.25) is 5.91 Å². The molecule has 5 heteroatoms. The van der Waals surface area contributed by atoms with Gasteiger partial charge in [0, 0.05) is 6.04 Å². The highest BCUT2D eigenvalue weighted by Crippen LogP contribution is 2.22. The number of aliphatic hydroxyl groups excluding tert-OH is 1. The Kier molecular flexibility index (Phi) is 4.91. The van der Waals surface area contributed by atoms with Crippen LogP contribution in [0.3, 0.4) is 0 Å². The van der Waals surface area contributed by atoms with Crippen LogP contribution in [0, 0.1) is 0 Å². The molecule has 2 aromatic carbocycles. The van der Waals surface area contributed by atoms with Crippen LogP contribution in [0.25, 0.3) is 0 Å². The number of benzene rings is 2. The molecule has 0 spiro atoms. The lowest BCUT2D eigenvalue weighted by Gasteiger charge is -2.13. The molecule has 2 amide bonds. The average Bonchev–Trinajstić information content (AvgIpc) is 3.40. The van der Waals surface area contributed by atoms with Crippen LogP contribution in [0.5, 0.6) is 0 Å². The molecular weight excluding hydrogens is 304 g/mol. The summed E-state index contributed by atoms with van der Waals surface area (Å²) in [6.07, 6.45) is 1.06. The van der Waals surface area contributed by atoms with Crippen LogP contribution in [0.1, 0.15) is 41.3 Å². The highest BCUT2D eigenvalue weighted by Gasteiger charge is 2.25. The van der Waals surface area contributed by atoms with Crippen LogP contribution in [-0.4, -0.2) is 23.0 Å². The number of carbonyl (C=O) groups is 2. The Bertz CT molecular complexity index is 726. The fourth-order valence-electron chi connectivity index (χ4n) is 2.45. The van der Waals surface area contributed by atoms with Gasteiger partial charge in [-0.15, -0.1) is 0 Å². The Labute approximate surface area is 140 Å². The van der Waals surface area contributed by atoms with E-state index in [1.165, 1.54) is 0 Å². The number of anilines is 1. The van der Waals surface area contributed by atoms with Crippen molar-refractivity contribution in [3.05, 3.63) is 65.7 Å². The van der Waals surface area contributed by atoms with Crippen molar-refractivity contribution in [3.63, 3.8) is 0 Å². The van der Waals surface area contributed by atoms with E-state index in [2.05, 4.69) is 10.6 Å². The standard InChI is InChI=1S/C19H20N2O3/c22-17(13-6-2-1-3-7-13)12-18(23)21-16-9-5-4-8-15(16)19(24)20-14-10-11-14/h1-9,14,17,22H,10-12H2,(H,20,24)(H,21,23). The third kappa shape index (κ3) is 4.20. The van der Waals surface area contributed by atoms with Gasteiger partial charge in [0.25, 0.3) is 5.91 Å².